The lowest BCUT2D eigenvalue weighted by Gasteiger charge is -2.23. The first-order valence-corrected chi connectivity index (χ1v) is 14.6. The van der Waals surface area contributed by atoms with Crippen molar-refractivity contribution >= 4 is 38.3 Å². The molecule has 5 atom stereocenters. The van der Waals surface area contributed by atoms with E-state index in [9.17, 15) is 24.2 Å². The number of aromatic nitrogens is 4. The van der Waals surface area contributed by atoms with Gasteiger partial charge in [0.1, 0.15) is 24.4 Å². The topological polar surface area (TPSA) is 209 Å². The standard InChI is InChI=1S/C17H26ClN5O9P2/c18-17-21-15(20-9-4-2-1-3-5-9)16-19-6-10(23(16)22-17)14-13(25)12(24)11(32-14)7-31-34(29,30)8-33(26,27)28/h6,9,11-14,24-25H,1-5,7-8H2,(H,29,30)(H,20,21,22)(H2,26,27,28). The van der Waals surface area contributed by atoms with E-state index in [0.717, 1.165) is 25.7 Å². The van der Waals surface area contributed by atoms with Crippen LogP contribution in [0.15, 0.2) is 6.20 Å². The van der Waals surface area contributed by atoms with E-state index in [1.807, 2.05) is 0 Å². The Labute approximate surface area is 199 Å². The van der Waals surface area contributed by atoms with Gasteiger partial charge in [-0.3, -0.25) is 9.13 Å². The third-order valence-electron chi connectivity index (χ3n) is 5.77. The minimum Gasteiger partial charge on any atom is -0.387 e. The average Bonchev–Trinajstić information content (AvgIpc) is 3.27. The minimum atomic E-state index is -4.81. The van der Waals surface area contributed by atoms with Gasteiger partial charge < -0.3 is 39.5 Å². The monoisotopic (exact) mass is 541 g/mol. The van der Waals surface area contributed by atoms with Crippen LogP contribution in [0.1, 0.15) is 43.9 Å². The fourth-order valence-electron chi connectivity index (χ4n) is 4.20. The first-order chi connectivity index (χ1) is 15.9. The van der Waals surface area contributed by atoms with E-state index in [4.69, 9.17) is 30.6 Å². The second-order valence-corrected chi connectivity index (χ2v) is 12.8. The zero-order valence-electron chi connectivity index (χ0n) is 17.8. The second-order valence-electron chi connectivity index (χ2n) is 8.44. The molecular weight excluding hydrogens is 516 g/mol. The highest BCUT2D eigenvalue weighted by molar-refractivity contribution is 7.70. The fraction of sp³-hybridized carbons (Fsp3) is 0.706. The Bertz CT molecular complexity index is 1120. The molecule has 2 fully saturated rings. The molecule has 17 heteroatoms. The number of aliphatic hydroxyl groups is 2. The highest BCUT2D eigenvalue weighted by Crippen LogP contribution is 2.55. The maximum absolute atomic E-state index is 11.9. The lowest BCUT2D eigenvalue weighted by molar-refractivity contribution is -0.0204. The van der Waals surface area contributed by atoms with Crippen LogP contribution in [0.4, 0.5) is 5.82 Å². The molecule has 0 spiro atoms. The highest BCUT2D eigenvalue weighted by Gasteiger charge is 2.46. The molecule has 0 radical (unpaired) electrons. The van der Waals surface area contributed by atoms with Gasteiger partial charge >= 0.3 is 15.2 Å². The average molecular weight is 542 g/mol. The van der Waals surface area contributed by atoms with E-state index in [-0.39, 0.29) is 17.0 Å². The Kier molecular flexibility index (Phi) is 7.66. The van der Waals surface area contributed by atoms with Crippen LogP contribution in [0.3, 0.4) is 0 Å². The smallest absolute Gasteiger partial charge is 0.340 e. The van der Waals surface area contributed by atoms with Crippen LogP contribution in [0.25, 0.3) is 5.65 Å². The van der Waals surface area contributed by atoms with E-state index in [2.05, 4.69) is 20.4 Å². The van der Waals surface area contributed by atoms with E-state index < -0.39 is 52.1 Å². The van der Waals surface area contributed by atoms with E-state index >= 15 is 0 Å². The molecule has 6 N–H and O–H groups in total. The molecule has 1 aliphatic heterocycles. The number of rotatable bonds is 8. The number of hydrogen-bond donors (Lipinski definition) is 6. The molecule has 0 bridgehead atoms. The summed E-state index contributed by atoms with van der Waals surface area (Å²) in [4.78, 5) is 36.0. The summed E-state index contributed by atoms with van der Waals surface area (Å²) in [5.41, 5.74) is 0.596. The van der Waals surface area contributed by atoms with Crippen molar-refractivity contribution < 1.29 is 43.3 Å². The summed E-state index contributed by atoms with van der Waals surface area (Å²) in [6, 6.07) is 0.211. The zero-order valence-corrected chi connectivity index (χ0v) is 20.4. The molecule has 190 valence electrons. The van der Waals surface area contributed by atoms with Crippen LogP contribution in [0.5, 0.6) is 0 Å². The molecule has 2 aliphatic rings. The molecule has 1 saturated carbocycles. The Morgan fingerprint density at radius 2 is 1.88 bits per heavy atom. The lowest BCUT2D eigenvalue weighted by atomic mass is 9.95. The van der Waals surface area contributed by atoms with Gasteiger partial charge in [-0.1, -0.05) is 19.3 Å². The molecule has 3 heterocycles. The van der Waals surface area contributed by atoms with Gasteiger partial charge in [0, 0.05) is 6.04 Å². The van der Waals surface area contributed by atoms with Gasteiger partial charge in [-0.25, -0.2) is 9.50 Å². The molecule has 4 rings (SSSR count). The maximum atomic E-state index is 11.9. The van der Waals surface area contributed by atoms with Gasteiger partial charge in [-0.05, 0) is 24.4 Å². The highest BCUT2D eigenvalue weighted by atomic mass is 35.5. The number of hydrogen-bond acceptors (Lipinski definition) is 10. The number of anilines is 1. The number of imidazole rings is 1. The summed E-state index contributed by atoms with van der Waals surface area (Å²) in [7, 11) is -9.48. The van der Waals surface area contributed by atoms with Gasteiger partial charge in [-0.15, -0.1) is 5.10 Å². The number of nitrogens with zero attached hydrogens (tertiary/aromatic N) is 4. The Morgan fingerprint density at radius 3 is 2.56 bits per heavy atom. The third kappa shape index (κ3) is 5.96. The second kappa shape index (κ2) is 10.1. The van der Waals surface area contributed by atoms with Crippen molar-refractivity contribution in [1.82, 2.24) is 19.6 Å². The molecular formula is C17H26ClN5O9P2. The Balaban J connectivity index is 1.52. The number of fused-ring (bicyclic) bond motifs is 1. The van der Waals surface area contributed by atoms with Crippen LogP contribution in [-0.4, -0.2) is 81.3 Å². The Hall–Kier alpha value is -1.18. The molecule has 0 aromatic carbocycles. The predicted octanol–water partition coefficient (Wildman–Crippen LogP) is 1.02. The fourth-order valence-corrected chi connectivity index (χ4v) is 6.93. The molecule has 1 saturated heterocycles. The van der Waals surface area contributed by atoms with E-state index in [1.54, 1.807) is 0 Å². The number of halogens is 1. The van der Waals surface area contributed by atoms with Gasteiger partial charge in [0.15, 0.2) is 17.4 Å². The Morgan fingerprint density at radius 1 is 1.18 bits per heavy atom. The van der Waals surface area contributed by atoms with Crippen LogP contribution in [0.2, 0.25) is 5.28 Å². The van der Waals surface area contributed by atoms with Gasteiger partial charge in [0.05, 0.1) is 18.5 Å². The van der Waals surface area contributed by atoms with Crippen molar-refractivity contribution in [3.63, 3.8) is 0 Å². The van der Waals surface area contributed by atoms with Gasteiger partial charge in [0.2, 0.25) is 5.28 Å². The van der Waals surface area contributed by atoms with Crippen molar-refractivity contribution in [3.8, 4) is 0 Å². The number of nitrogens with one attached hydrogen (secondary N) is 1. The van der Waals surface area contributed by atoms with Crippen molar-refractivity contribution in [1.29, 1.82) is 0 Å². The van der Waals surface area contributed by atoms with Gasteiger partial charge in [0.25, 0.3) is 0 Å². The summed E-state index contributed by atoms with van der Waals surface area (Å²) in [5.74, 6) is -0.960. The molecule has 1 aliphatic carbocycles. The summed E-state index contributed by atoms with van der Waals surface area (Å²) in [5, 5.41) is 28.3. The van der Waals surface area contributed by atoms with Crippen LogP contribution in [-0.2, 0) is 18.4 Å². The minimum absolute atomic E-state index is 0.0726. The molecule has 2 aromatic heterocycles. The van der Waals surface area contributed by atoms with Crippen molar-refractivity contribution in [2.24, 2.45) is 0 Å². The largest absolute Gasteiger partial charge is 0.387 e. The van der Waals surface area contributed by atoms with Crippen molar-refractivity contribution in [2.75, 3.05) is 17.8 Å². The summed E-state index contributed by atoms with van der Waals surface area (Å²) in [6.45, 7) is -0.691. The molecule has 5 unspecified atom stereocenters. The van der Waals surface area contributed by atoms with Crippen LogP contribution >= 0.6 is 26.8 Å². The van der Waals surface area contributed by atoms with E-state index in [1.165, 1.54) is 17.1 Å². The van der Waals surface area contributed by atoms with Crippen LogP contribution in [0, 0.1) is 0 Å². The first kappa shape index (κ1) is 25.9. The van der Waals surface area contributed by atoms with Crippen molar-refractivity contribution in [3.05, 3.63) is 17.2 Å². The first-order valence-electron chi connectivity index (χ1n) is 10.6. The van der Waals surface area contributed by atoms with E-state index in [0.29, 0.717) is 11.5 Å². The molecule has 34 heavy (non-hydrogen) atoms. The maximum Gasteiger partial charge on any atom is 0.340 e. The normalized spacial score (nSPS) is 28.3. The van der Waals surface area contributed by atoms with Crippen molar-refractivity contribution in [2.45, 2.75) is 62.6 Å². The summed E-state index contributed by atoms with van der Waals surface area (Å²) >= 11 is 6.12. The zero-order chi connectivity index (χ0) is 24.7. The van der Waals surface area contributed by atoms with Crippen LogP contribution < -0.4 is 5.32 Å². The number of aliphatic hydroxyl groups excluding tert-OH is 2. The number of ether oxygens (including phenoxy) is 1. The molecule has 14 nitrogen and oxygen atoms in total. The lowest BCUT2D eigenvalue weighted by Crippen LogP contribution is -2.33. The summed E-state index contributed by atoms with van der Waals surface area (Å²) in [6.07, 6.45) is 1.33. The SMILES string of the molecule is O=P(O)(O)CP(=O)(O)OCC1OC(c2cnc3c(NC4CCCCC4)nc(Cl)nn23)C(O)C1O. The third-order valence-corrected chi connectivity index (χ3v) is 9.38. The predicted molar refractivity (Wildman–Crippen MR) is 119 cm³/mol. The quantitative estimate of drug-likeness (QED) is 0.258. The van der Waals surface area contributed by atoms with Gasteiger partial charge in [-0.2, -0.15) is 4.98 Å². The molecule has 2 aromatic rings. The summed E-state index contributed by atoms with van der Waals surface area (Å²) < 4.78 is 34.6. The molecule has 0 amide bonds.